The summed E-state index contributed by atoms with van der Waals surface area (Å²) in [6.45, 7) is 0. The van der Waals surface area contributed by atoms with Gasteiger partial charge in [0.15, 0.2) is 10.1 Å². The summed E-state index contributed by atoms with van der Waals surface area (Å²) in [6.07, 6.45) is 1.43. The van der Waals surface area contributed by atoms with E-state index in [1.165, 1.54) is 14.2 Å². The van der Waals surface area contributed by atoms with E-state index in [0.717, 1.165) is 35.2 Å². The fourth-order valence-electron chi connectivity index (χ4n) is 4.93. The number of carbonyl (C=O) groups is 2. The largest absolute Gasteiger partial charge is 0.497 e. The van der Waals surface area contributed by atoms with Gasteiger partial charge in [-0.25, -0.2) is 8.78 Å². The third kappa shape index (κ3) is 5.53. The number of thioether (sulfide) groups is 1. The lowest BCUT2D eigenvalue weighted by molar-refractivity contribution is -0.116. The molecule has 0 spiro atoms. The molecular formula is C28H24F2N6O4S2. The average molecular weight is 611 g/mol. The number of nitrogens with one attached hydrogen (secondary N) is 1. The summed E-state index contributed by atoms with van der Waals surface area (Å²) in [4.78, 5) is 27.4. The van der Waals surface area contributed by atoms with Gasteiger partial charge in [-0.15, -0.1) is 10.2 Å². The van der Waals surface area contributed by atoms with Gasteiger partial charge in [0, 0.05) is 35.4 Å². The lowest BCUT2D eigenvalue weighted by Crippen LogP contribution is -2.38. The number of amides is 1. The van der Waals surface area contributed by atoms with Crippen LogP contribution < -0.4 is 25.4 Å². The number of Topliss-reactive ketones (excluding diaryl/α,β-unsaturated/α-hetero) is 1. The van der Waals surface area contributed by atoms with Crippen LogP contribution in [0.2, 0.25) is 0 Å². The van der Waals surface area contributed by atoms with Crippen molar-refractivity contribution in [3.63, 3.8) is 0 Å². The van der Waals surface area contributed by atoms with Crippen molar-refractivity contribution in [1.82, 2.24) is 10.2 Å². The van der Waals surface area contributed by atoms with E-state index in [-0.39, 0.29) is 28.6 Å². The summed E-state index contributed by atoms with van der Waals surface area (Å²) in [7, 11) is 3.03. The number of hydrogen-bond donors (Lipinski definition) is 2. The molecule has 3 aromatic rings. The summed E-state index contributed by atoms with van der Waals surface area (Å²) >= 11 is 2.19. The molecule has 2 heterocycles. The van der Waals surface area contributed by atoms with E-state index in [4.69, 9.17) is 15.2 Å². The number of nitrogens with two attached hydrogens (primary N) is 1. The number of nitriles is 1. The van der Waals surface area contributed by atoms with Crippen LogP contribution in [-0.4, -0.2) is 41.9 Å². The number of benzene rings is 2. The third-order valence-electron chi connectivity index (χ3n) is 6.78. The van der Waals surface area contributed by atoms with Crippen LogP contribution in [-0.2, 0) is 9.59 Å². The molecule has 1 aromatic heterocycles. The fourth-order valence-corrected chi connectivity index (χ4v) is 6.61. The van der Waals surface area contributed by atoms with Crippen molar-refractivity contribution in [2.75, 3.05) is 30.2 Å². The average Bonchev–Trinajstić information content (AvgIpc) is 3.45. The standard InChI is InChI=1S/C28H24F2N6O4S2/c1-39-15-7-8-16(22(11-15)40-2)24-17(12-31)26(32)36(20-4-3-5-21(37)25(20)24)27-34-35-28(42-27)41-13-23(38)33-19-9-6-14(29)10-18(19)30/h6-11,24H,3-5,13,32H2,1-2H3,(H,33,38). The first-order chi connectivity index (χ1) is 20.2. The number of hydrogen-bond acceptors (Lipinski definition) is 11. The number of allylic oxidation sites excluding steroid dienone is 3. The molecule has 3 N–H and O–H groups in total. The molecule has 0 radical (unpaired) electrons. The van der Waals surface area contributed by atoms with Gasteiger partial charge >= 0.3 is 0 Å². The molecule has 2 aliphatic rings. The van der Waals surface area contributed by atoms with Gasteiger partial charge in [0.1, 0.15) is 29.0 Å². The van der Waals surface area contributed by atoms with Crippen LogP contribution in [0.4, 0.5) is 19.6 Å². The van der Waals surface area contributed by atoms with Gasteiger partial charge in [-0.1, -0.05) is 29.2 Å². The van der Waals surface area contributed by atoms with Gasteiger partial charge in [0.05, 0.1) is 43.2 Å². The summed E-state index contributed by atoms with van der Waals surface area (Å²) in [5.41, 5.74) is 8.32. The molecule has 2 aromatic carbocycles. The number of nitrogens with zero attached hydrogens (tertiary/aromatic N) is 4. The Labute approximate surface area is 247 Å². The van der Waals surface area contributed by atoms with E-state index >= 15 is 0 Å². The highest BCUT2D eigenvalue weighted by atomic mass is 32.2. The molecule has 1 amide bonds. The number of anilines is 2. The number of ether oxygens (including phenoxy) is 2. The molecular weight excluding hydrogens is 586 g/mol. The summed E-state index contributed by atoms with van der Waals surface area (Å²) in [5.74, 6) is -2.00. The summed E-state index contributed by atoms with van der Waals surface area (Å²) in [5, 5.41) is 21.4. The monoisotopic (exact) mass is 610 g/mol. The predicted octanol–water partition coefficient (Wildman–Crippen LogP) is 4.87. The summed E-state index contributed by atoms with van der Waals surface area (Å²) in [6, 6.07) is 10.2. The molecule has 42 heavy (non-hydrogen) atoms. The molecule has 0 fully saturated rings. The van der Waals surface area contributed by atoms with E-state index in [1.54, 1.807) is 23.1 Å². The zero-order valence-electron chi connectivity index (χ0n) is 22.4. The highest BCUT2D eigenvalue weighted by molar-refractivity contribution is 8.01. The zero-order chi connectivity index (χ0) is 30.0. The summed E-state index contributed by atoms with van der Waals surface area (Å²) < 4.78 is 38.4. The fraction of sp³-hybridized carbons (Fsp3) is 0.250. The minimum atomic E-state index is -0.885. The van der Waals surface area contributed by atoms with Crippen molar-refractivity contribution >= 4 is 45.6 Å². The Morgan fingerprint density at radius 1 is 1.21 bits per heavy atom. The Bertz CT molecular complexity index is 1680. The van der Waals surface area contributed by atoms with Crippen molar-refractivity contribution in [2.45, 2.75) is 29.5 Å². The van der Waals surface area contributed by atoms with Gasteiger partial charge in [0.25, 0.3) is 0 Å². The van der Waals surface area contributed by atoms with Crippen LogP contribution in [0.25, 0.3) is 0 Å². The van der Waals surface area contributed by atoms with Gasteiger partial charge in [-0.2, -0.15) is 5.26 Å². The molecule has 1 atom stereocenters. The Balaban J connectivity index is 1.44. The van der Waals surface area contributed by atoms with Gasteiger partial charge in [-0.3, -0.25) is 14.5 Å². The topological polar surface area (TPSA) is 143 Å². The minimum absolute atomic E-state index is 0.104. The first-order valence-electron chi connectivity index (χ1n) is 12.6. The second kappa shape index (κ2) is 12.2. The normalized spacial score (nSPS) is 16.7. The molecule has 1 unspecified atom stereocenters. The van der Waals surface area contributed by atoms with Crippen molar-refractivity contribution in [3.8, 4) is 17.6 Å². The molecule has 0 saturated heterocycles. The molecule has 14 heteroatoms. The highest BCUT2D eigenvalue weighted by Gasteiger charge is 2.42. The number of methoxy groups -OCH3 is 2. The third-order valence-corrected chi connectivity index (χ3v) is 8.83. The van der Waals surface area contributed by atoms with E-state index < -0.39 is 23.5 Å². The van der Waals surface area contributed by atoms with Gasteiger partial charge in [-0.05, 0) is 31.0 Å². The molecule has 5 rings (SSSR count). The zero-order valence-corrected chi connectivity index (χ0v) is 24.1. The predicted molar refractivity (Wildman–Crippen MR) is 153 cm³/mol. The second-order valence-corrected chi connectivity index (χ2v) is 11.4. The van der Waals surface area contributed by atoms with Crippen molar-refractivity contribution in [3.05, 3.63) is 76.3 Å². The van der Waals surface area contributed by atoms with Crippen molar-refractivity contribution in [1.29, 1.82) is 5.26 Å². The number of ketones is 1. The maximum atomic E-state index is 13.9. The maximum Gasteiger partial charge on any atom is 0.234 e. The highest BCUT2D eigenvalue weighted by Crippen LogP contribution is 2.49. The van der Waals surface area contributed by atoms with Gasteiger partial charge in [0.2, 0.25) is 11.0 Å². The Kier molecular flexibility index (Phi) is 8.41. The van der Waals surface area contributed by atoms with E-state index in [2.05, 4.69) is 21.6 Å². The molecule has 216 valence electrons. The molecule has 0 saturated carbocycles. The van der Waals surface area contributed by atoms with Crippen LogP contribution in [0, 0.1) is 23.0 Å². The maximum absolute atomic E-state index is 13.9. The number of aromatic nitrogens is 2. The first kappa shape index (κ1) is 29.0. The van der Waals surface area contributed by atoms with Gasteiger partial charge < -0.3 is 20.5 Å². The molecule has 10 nitrogen and oxygen atoms in total. The first-order valence-corrected chi connectivity index (χ1v) is 14.4. The van der Waals surface area contributed by atoms with Crippen LogP contribution in [0.5, 0.6) is 11.5 Å². The molecule has 1 aliphatic carbocycles. The van der Waals surface area contributed by atoms with E-state index in [9.17, 15) is 23.6 Å². The van der Waals surface area contributed by atoms with Crippen LogP contribution in [0.1, 0.15) is 30.7 Å². The van der Waals surface area contributed by atoms with Crippen LogP contribution >= 0.6 is 23.1 Å². The Morgan fingerprint density at radius 3 is 2.74 bits per heavy atom. The molecule has 1 aliphatic heterocycles. The van der Waals surface area contributed by atoms with Crippen LogP contribution in [0.15, 0.2) is 63.4 Å². The molecule has 0 bridgehead atoms. The van der Waals surface area contributed by atoms with Crippen molar-refractivity contribution in [2.24, 2.45) is 5.73 Å². The quantitative estimate of drug-likeness (QED) is 0.339. The van der Waals surface area contributed by atoms with E-state index in [1.807, 2.05) is 0 Å². The number of rotatable bonds is 8. The van der Waals surface area contributed by atoms with Crippen molar-refractivity contribution < 1.29 is 27.8 Å². The smallest absolute Gasteiger partial charge is 0.234 e. The number of carbonyl (C=O) groups excluding carboxylic acids is 2. The lowest BCUT2D eigenvalue weighted by atomic mass is 9.75. The Morgan fingerprint density at radius 2 is 2.02 bits per heavy atom. The minimum Gasteiger partial charge on any atom is -0.497 e. The lowest BCUT2D eigenvalue weighted by Gasteiger charge is -2.38. The SMILES string of the molecule is COc1ccc(C2C(C#N)=C(N)N(c3nnc(SCC(=O)Nc4ccc(F)cc4F)s3)C3=C2C(=O)CCC3)c(OC)c1. The van der Waals surface area contributed by atoms with Crippen LogP contribution in [0.3, 0.4) is 0 Å². The van der Waals surface area contributed by atoms with E-state index in [0.29, 0.717) is 63.1 Å². The number of halogens is 2. The second-order valence-electron chi connectivity index (χ2n) is 9.24. The Hall–Kier alpha value is -4.48.